The van der Waals surface area contributed by atoms with Crippen molar-refractivity contribution in [3.05, 3.63) is 11.4 Å². The SMILES string of the molecule is C1CCC(CCn2nnc3c2CCCC3)NC1. The van der Waals surface area contributed by atoms with Crippen molar-refractivity contribution < 1.29 is 0 Å². The maximum absolute atomic E-state index is 4.32. The molecule has 1 aromatic rings. The Kier molecular flexibility index (Phi) is 3.41. The maximum Gasteiger partial charge on any atom is 0.0859 e. The van der Waals surface area contributed by atoms with E-state index in [4.69, 9.17) is 0 Å². The lowest BCUT2D eigenvalue weighted by Crippen LogP contribution is -2.34. The van der Waals surface area contributed by atoms with E-state index in [2.05, 4.69) is 20.3 Å². The standard InChI is InChI=1S/C13H22N4/c1-2-7-13-12(6-1)15-16-17(13)10-8-11-5-3-4-9-14-11/h11,14H,1-10H2. The highest BCUT2D eigenvalue weighted by Crippen LogP contribution is 2.19. The highest BCUT2D eigenvalue weighted by Gasteiger charge is 2.18. The Morgan fingerprint density at radius 1 is 1.18 bits per heavy atom. The summed E-state index contributed by atoms with van der Waals surface area (Å²) in [6.45, 7) is 2.24. The largest absolute Gasteiger partial charge is 0.314 e. The van der Waals surface area contributed by atoms with Crippen LogP contribution in [0.4, 0.5) is 0 Å². The lowest BCUT2D eigenvalue weighted by Gasteiger charge is -2.23. The number of piperidine rings is 1. The Hall–Kier alpha value is -0.900. The van der Waals surface area contributed by atoms with Crippen molar-refractivity contribution in [3.8, 4) is 0 Å². The average molecular weight is 234 g/mol. The number of hydrogen-bond acceptors (Lipinski definition) is 3. The summed E-state index contributed by atoms with van der Waals surface area (Å²) in [6, 6.07) is 0.701. The highest BCUT2D eigenvalue weighted by atomic mass is 15.4. The zero-order chi connectivity index (χ0) is 11.5. The van der Waals surface area contributed by atoms with Crippen LogP contribution in [0.25, 0.3) is 0 Å². The third-order valence-electron chi connectivity index (χ3n) is 4.10. The molecule has 0 spiro atoms. The summed E-state index contributed by atoms with van der Waals surface area (Å²) < 4.78 is 2.16. The second-order valence-electron chi connectivity index (χ2n) is 5.35. The topological polar surface area (TPSA) is 42.7 Å². The summed E-state index contributed by atoms with van der Waals surface area (Å²) in [5.41, 5.74) is 2.67. The summed E-state index contributed by atoms with van der Waals surface area (Å²) in [6.07, 6.45) is 10.2. The van der Waals surface area contributed by atoms with Crippen LogP contribution in [0, 0.1) is 0 Å². The number of rotatable bonds is 3. The second kappa shape index (κ2) is 5.17. The van der Waals surface area contributed by atoms with E-state index < -0.39 is 0 Å². The summed E-state index contributed by atoms with van der Waals surface area (Å²) in [5.74, 6) is 0. The van der Waals surface area contributed by atoms with Gasteiger partial charge in [0.15, 0.2) is 0 Å². The molecule has 1 fully saturated rings. The molecule has 17 heavy (non-hydrogen) atoms. The summed E-state index contributed by atoms with van der Waals surface area (Å²) in [4.78, 5) is 0. The van der Waals surface area contributed by atoms with E-state index in [1.807, 2.05) is 0 Å². The van der Waals surface area contributed by atoms with Gasteiger partial charge in [-0.3, -0.25) is 0 Å². The van der Waals surface area contributed by atoms with Crippen molar-refractivity contribution in [2.24, 2.45) is 0 Å². The average Bonchev–Trinajstić information content (AvgIpc) is 2.81. The van der Waals surface area contributed by atoms with Crippen LogP contribution in [0.2, 0.25) is 0 Å². The second-order valence-corrected chi connectivity index (χ2v) is 5.35. The van der Waals surface area contributed by atoms with Crippen LogP contribution in [0.15, 0.2) is 0 Å². The highest BCUT2D eigenvalue weighted by molar-refractivity contribution is 5.13. The molecule has 94 valence electrons. The minimum absolute atomic E-state index is 0.701. The smallest absolute Gasteiger partial charge is 0.0859 e. The van der Waals surface area contributed by atoms with E-state index in [9.17, 15) is 0 Å². The molecular weight excluding hydrogens is 212 g/mol. The minimum atomic E-state index is 0.701. The van der Waals surface area contributed by atoms with Gasteiger partial charge in [0.05, 0.1) is 11.4 Å². The van der Waals surface area contributed by atoms with Crippen LogP contribution in [0.3, 0.4) is 0 Å². The van der Waals surface area contributed by atoms with Crippen LogP contribution in [0.1, 0.15) is 49.9 Å². The van der Waals surface area contributed by atoms with Crippen molar-refractivity contribution >= 4 is 0 Å². The molecule has 0 aromatic carbocycles. The first-order valence-electron chi connectivity index (χ1n) is 7.08. The van der Waals surface area contributed by atoms with E-state index in [1.165, 1.54) is 62.9 Å². The molecule has 2 aliphatic rings. The van der Waals surface area contributed by atoms with Gasteiger partial charge in [-0.1, -0.05) is 11.6 Å². The number of aromatic nitrogens is 3. The first kappa shape index (κ1) is 11.2. The normalized spacial score (nSPS) is 24.6. The van der Waals surface area contributed by atoms with Crippen LogP contribution in [0.5, 0.6) is 0 Å². The molecule has 1 unspecified atom stereocenters. The molecule has 0 bridgehead atoms. The lowest BCUT2D eigenvalue weighted by molar-refractivity contribution is 0.356. The Balaban J connectivity index is 1.59. The van der Waals surface area contributed by atoms with Gasteiger partial charge >= 0.3 is 0 Å². The van der Waals surface area contributed by atoms with Gasteiger partial charge in [-0.2, -0.15) is 0 Å². The lowest BCUT2D eigenvalue weighted by atomic mass is 10.00. The molecule has 1 atom stereocenters. The maximum atomic E-state index is 4.32. The van der Waals surface area contributed by atoms with E-state index in [-0.39, 0.29) is 0 Å². The Labute approximate surface area is 103 Å². The van der Waals surface area contributed by atoms with E-state index >= 15 is 0 Å². The summed E-state index contributed by atoms with van der Waals surface area (Å²) in [7, 11) is 0. The number of hydrogen-bond donors (Lipinski definition) is 1. The third kappa shape index (κ3) is 2.51. The zero-order valence-corrected chi connectivity index (χ0v) is 10.5. The van der Waals surface area contributed by atoms with Crippen LogP contribution >= 0.6 is 0 Å². The molecule has 1 saturated heterocycles. The predicted octanol–water partition coefficient (Wildman–Crippen LogP) is 1.69. The predicted molar refractivity (Wildman–Crippen MR) is 66.9 cm³/mol. The third-order valence-corrected chi connectivity index (χ3v) is 4.10. The van der Waals surface area contributed by atoms with Crippen LogP contribution in [-0.2, 0) is 19.4 Å². The minimum Gasteiger partial charge on any atom is -0.314 e. The van der Waals surface area contributed by atoms with Crippen molar-refractivity contribution in [1.29, 1.82) is 0 Å². The summed E-state index contributed by atoms with van der Waals surface area (Å²) in [5, 5.41) is 12.2. The van der Waals surface area contributed by atoms with Crippen LogP contribution in [-0.4, -0.2) is 27.6 Å². The molecule has 2 heterocycles. The van der Waals surface area contributed by atoms with Gasteiger partial charge in [-0.15, -0.1) is 5.10 Å². The fourth-order valence-electron chi connectivity index (χ4n) is 3.05. The molecule has 1 aromatic heterocycles. The first-order valence-corrected chi connectivity index (χ1v) is 7.08. The molecule has 3 rings (SSSR count). The van der Waals surface area contributed by atoms with Gasteiger partial charge in [0.1, 0.15) is 0 Å². The van der Waals surface area contributed by atoms with E-state index in [0.29, 0.717) is 6.04 Å². The van der Waals surface area contributed by atoms with Gasteiger partial charge in [-0.05, 0) is 51.5 Å². The molecule has 1 N–H and O–H groups in total. The van der Waals surface area contributed by atoms with Crippen molar-refractivity contribution in [2.75, 3.05) is 6.54 Å². The zero-order valence-electron chi connectivity index (χ0n) is 10.5. The Morgan fingerprint density at radius 2 is 2.12 bits per heavy atom. The Bertz CT molecular complexity index is 365. The number of aryl methyl sites for hydroxylation is 2. The molecule has 0 amide bonds. The van der Waals surface area contributed by atoms with Crippen molar-refractivity contribution in [3.63, 3.8) is 0 Å². The van der Waals surface area contributed by atoms with Gasteiger partial charge in [0.25, 0.3) is 0 Å². The van der Waals surface area contributed by atoms with E-state index in [0.717, 1.165) is 13.0 Å². The molecule has 1 aliphatic carbocycles. The first-order chi connectivity index (χ1) is 8.43. The van der Waals surface area contributed by atoms with Crippen LogP contribution < -0.4 is 5.32 Å². The summed E-state index contributed by atoms with van der Waals surface area (Å²) >= 11 is 0. The van der Waals surface area contributed by atoms with E-state index in [1.54, 1.807) is 0 Å². The van der Waals surface area contributed by atoms with Crippen molar-refractivity contribution in [2.45, 2.75) is 64.0 Å². The molecular formula is C13H22N4. The molecule has 0 radical (unpaired) electrons. The number of fused-ring (bicyclic) bond motifs is 1. The van der Waals surface area contributed by atoms with Crippen molar-refractivity contribution in [1.82, 2.24) is 20.3 Å². The Morgan fingerprint density at radius 3 is 3.00 bits per heavy atom. The fourth-order valence-corrected chi connectivity index (χ4v) is 3.05. The van der Waals surface area contributed by atoms with Gasteiger partial charge in [0, 0.05) is 12.6 Å². The van der Waals surface area contributed by atoms with Gasteiger partial charge < -0.3 is 5.32 Å². The van der Waals surface area contributed by atoms with Gasteiger partial charge in [0.2, 0.25) is 0 Å². The molecule has 1 aliphatic heterocycles. The quantitative estimate of drug-likeness (QED) is 0.865. The van der Waals surface area contributed by atoms with Gasteiger partial charge in [-0.25, -0.2) is 4.68 Å². The number of nitrogens with one attached hydrogen (secondary N) is 1. The number of nitrogens with zero attached hydrogens (tertiary/aromatic N) is 3. The monoisotopic (exact) mass is 234 g/mol. The molecule has 4 heteroatoms. The fraction of sp³-hybridized carbons (Fsp3) is 0.846. The molecule has 0 saturated carbocycles. The molecule has 4 nitrogen and oxygen atoms in total.